The largest absolute Gasteiger partial charge is 0.350 e. The molecule has 10 heteroatoms. The Balaban J connectivity index is 1.62. The van der Waals surface area contributed by atoms with Crippen molar-refractivity contribution in [2.24, 2.45) is 0 Å². The van der Waals surface area contributed by atoms with Crippen molar-refractivity contribution in [3.05, 3.63) is 62.6 Å². The number of anilines is 1. The first-order chi connectivity index (χ1) is 14.6. The van der Waals surface area contributed by atoms with Crippen molar-refractivity contribution >= 4 is 56.4 Å². The van der Waals surface area contributed by atoms with Gasteiger partial charge < -0.3 is 5.32 Å². The van der Waals surface area contributed by atoms with Crippen LogP contribution >= 0.6 is 34.8 Å². The molecule has 1 N–H and O–H groups in total. The summed E-state index contributed by atoms with van der Waals surface area (Å²) >= 11 is 18.1. The van der Waals surface area contributed by atoms with E-state index in [1.165, 1.54) is 30.5 Å². The smallest absolute Gasteiger partial charge is 0.241 e. The van der Waals surface area contributed by atoms with Crippen LogP contribution in [0.1, 0.15) is 24.0 Å². The van der Waals surface area contributed by atoms with E-state index in [2.05, 4.69) is 22.3 Å². The fourth-order valence-corrected chi connectivity index (χ4v) is 4.99. The molecule has 1 saturated heterocycles. The van der Waals surface area contributed by atoms with Gasteiger partial charge in [0.25, 0.3) is 0 Å². The highest BCUT2D eigenvalue weighted by Gasteiger charge is 2.24. The van der Waals surface area contributed by atoms with Crippen molar-refractivity contribution in [2.75, 3.05) is 30.2 Å². The number of nitrogens with one attached hydrogen (secondary N) is 1. The minimum absolute atomic E-state index is 0.0845. The van der Waals surface area contributed by atoms with E-state index in [9.17, 15) is 13.2 Å². The van der Waals surface area contributed by atoms with Gasteiger partial charge in [-0.15, -0.1) is 0 Å². The van der Waals surface area contributed by atoms with Crippen molar-refractivity contribution < 1.29 is 13.2 Å². The molecule has 1 heterocycles. The molecule has 0 unspecified atom stereocenters. The van der Waals surface area contributed by atoms with Gasteiger partial charge in [0.1, 0.15) is 6.54 Å². The zero-order valence-corrected chi connectivity index (χ0v) is 20.2. The average Bonchev–Trinajstić information content (AvgIpc) is 3.21. The number of likely N-dealkylation sites (tertiary alicyclic amines) is 1. The third-order valence-corrected chi connectivity index (χ3v) is 7.21. The summed E-state index contributed by atoms with van der Waals surface area (Å²) in [6, 6.07) is 10.7. The third-order valence-electron chi connectivity index (χ3n) is 5.06. The van der Waals surface area contributed by atoms with E-state index in [0.717, 1.165) is 35.8 Å². The number of benzene rings is 2. The van der Waals surface area contributed by atoms with E-state index in [0.29, 0.717) is 0 Å². The summed E-state index contributed by atoms with van der Waals surface area (Å²) in [6.07, 6.45) is 3.50. The van der Waals surface area contributed by atoms with Gasteiger partial charge in [0.15, 0.2) is 0 Å². The van der Waals surface area contributed by atoms with Crippen LogP contribution in [0.5, 0.6) is 0 Å². The number of amides is 1. The van der Waals surface area contributed by atoms with Crippen LogP contribution < -0.4 is 9.62 Å². The van der Waals surface area contributed by atoms with E-state index < -0.39 is 22.5 Å². The molecule has 1 aliphatic rings. The lowest BCUT2D eigenvalue weighted by atomic mass is 10.1. The molecule has 0 spiro atoms. The SMILES string of the molecule is CS(=O)(=O)N(CC(=O)NCc1ccc(CN2CCCC2)cc1)c1cc(Cl)c(Cl)cc1Cl. The number of rotatable bonds is 8. The number of carbonyl (C=O) groups excluding carboxylic acids is 1. The fraction of sp³-hybridized carbons (Fsp3) is 0.381. The number of hydrogen-bond donors (Lipinski definition) is 1. The van der Waals surface area contributed by atoms with Gasteiger partial charge in [0.2, 0.25) is 15.9 Å². The predicted molar refractivity (Wildman–Crippen MR) is 126 cm³/mol. The Kier molecular flexibility index (Phi) is 8.10. The van der Waals surface area contributed by atoms with Crippen molar-refractivity contribution in [3.63, 3.8) is 0 Å². The topological polar surface area (TPSA) is 69.7 Å². The highest BCUT2D eigenvalue weighted by Crippen LogP contribution is 2.35. The van der Waals surface area contributed by atoms with Gasteiger partial charge in [0.05, 0.1) is 27.0 Å². The van der Waals surface area contributed by atoms with Gasteiger partial charge in [-0.1, -0.05) is 59.1 Å². The Labute approximate surface area is 198 Å². The first kappa shape index (κ1) is 24.1. The van der Waals surface area contributed by atoms with Crippen molar-refractivity contribution in [2.45, 2.75) is 25.9 Å². The van der Waals surface area contributed by atoms with Gasteiger partial charge in [-0.3, -0.25) is 14.0 Å². The molecule has 0 saturated carbocycles. The molecule has 6 nitrogen and oxygen atoms in total. The first-order valence-electron chi connectivity index (χ1n) is 9.82. The van der Waals surface area contributed by atoms with Gasteiger partial charge in [-0.2, -0.15) is 0 Å². The van der Waals surface area contributed by atoms with Crippen LogP contribution in [0.3, 0.4) is 0 Å². The summed E-state index contributed by atoms with van der Waals surface area (Å²) < 4.78 is 25.5. The molecule has 3 rings (SSSR count). The Morgan fingerprint density at radius 1 is 1.00 bits per heavy atom. The van der Waals surface area contributed by atoms with Crippen LogP contribution in [0, 0.1) is 0 Å². The van der Waals surface area contributed by atoms with Gasteiger partial charge in [-0.05, 0) is 49.2 Å². The van der Waals surface area contributed by atoms with E-state index in [4.69, 9.17) is 34.8 Å². The third kappa shape index (κ3) is 6.73. The molecule has 0 atom stereocenters. The average molecular weight is 505 g/mol. The molecule has 1 aliphatic heterocycles. The summed E-state index contributed by atoms with van der Waals surface area (Å²) in [7, 11) is -3.78. The summed E-state index contributed by atoms with van der Waals surface area (Å²) in [5.41, 5.74) is 2.26. The maximum Gasteiger partial charge on any atom is 0.241 e. The quantitative estimate of drug-likeness (QED) is 0.544. The van der Waals surface area contributed by atoms with Crippen LogP contribution in [0.2, 0.25) is 15.1 Å². The van der Waals surface area contributed by atoms with Crippen molar-refractivity contribution in [1.29, 1.82) is 0 Å². The summed E-state index contributed by atoms with van der Waals surface area (Å²) in [6.45, 7) is 3.06. The van der Waals surface area contributed by atoms with Crippen LogP contribution in [-0.4, -0.2) is 45.1 Å². The lowest BCUT2D eigenvalue weighted by Crippen LogP contribution is -2.40. The molecule has 1 amide bonds. The van der Waals surface area contributed by atoms with E-state index in [1.54, 1.807) is 0 Å². The molecule has 0 radical (unpaired) electrons. The van der Waals surface area contributed by atoms with Crippen LogP contribution in [-0.2, 0) is 27.9 Å². The Hall–Kier alpha value is -1.51. The Bertz CT molecular complexity index is 1040. The minimum Gasteiger partial charge on any atom is -0.350 e. The van der Waals surface area contributed by atoms with Crippen LogP contribution in [0.4, 0.5) is 5.69 Å². The van der Waals surface area contributed by atoms with Crippen LogP contribution in [0.25, 0.3) is 0 Å². The standard InChI is InChI=1S/C21H24Cl3N3O3S/c1-31(29,30)27(20-11-18(23)17(22)10-19(20)24)14-21(28)25-12-15-4-6-16(7-5-15)13-26-8-2-3-9-26/h4-7,10-11H,2-3,8-9,12-14H2,1H3,(H,25,28). The second-order valence-corrected chi connectivity index (χ2v) is 10.7. The summed E-state index contributed by atoms with van der Waals surface area (Å²) in [4.78, 5) is 14.9. The number of sulfonamides is 1. The Morgan fingerprint density at radius 3 is 2.19 bits per heavy atom. The zero-order valence-electron chi connectivity index (χ0n) is 17.1. The molecule has 0 aliphatic carbocycles. The van der Waals surface area contributed by atoms with E-state index in [1.807, 2.05) is 12.1 Å². The van der Waals surface area contributed by atoms with Crippen LogP contribution in [0.15, 0.2) is 36.4 Å². The number of nitrogens with zero attached hydrogens (tertiary/aromatic N) is 2. The van der Waals surface area contributed by atoms with Gasteiger partial charge in [-0.25, -0.2) is 8.42 Å². The molecule has 0 bridgehead atoms. The lowest BCUT2D eigenvalue weighted by Gasteiger charge is -2.23. The second kappa shape index (κ2) is 10.4. The summed E-state index contributed by atoms with van der Waals surface area (Å²) in [5, 5.41) is 3.17. The minimum atomic E-state index is -3.78. The maximum absolute atomic E-state index is 12.5. The van der Waals surface area contributed by atoms with E-state index >= 15 is 0 Å². The van der Waals surface area contributed by atoms with E-state index in [-0.39, 0.29) is 27.3 Å². The van der Waals surface area contributed by atoms with Crippen molar-refractivity contribution in [1.82, 2.24) is 10.2 Å². The predicted octanol–water partition coefficient (Wildman–Crippen LogP) is 4.33. The lowest BCUT2D eigenvalue weighted by molar-refractivity contribution is -0.119. The highest BCUT2D eigenvalue weighted by molar-refractivity contribution is 7.92. The molecule has 0 aromatic heterocycles. The number of halogens is 3. The normalized spacial score (nSPS) is 14.6. The molecule has 2 aromatic carbocycles. The molecule has 1 fully saturated rings. The molecule has 168 valence electrons. The molecular formula is C21H24Cl3N3O3S. The van der Waals surface area contributed by atoms with Gasteiger partial charge in [0, 0.05) is 13.1 Å². The maximum atomic E-state index is 12.5. The number of hydrogen-bond acceptors (Lipinski definition) is 4. The summed E-state index contributed by atoms with van der Waals surface area (Å²) in [5.74, 6) is -0.464. The second-order valence-electron chi connectivity index (χ2n) is 7.56. The fourth-order valence-electron chi connectivity index (χ4n) is 3.43. The molecule has 31 heavy (non-hydrogen) atoms. The first-order valence-corrected chi connectivity index (χ1v) is 12.8. The molecule has 2 aromatic rings. The monoisotopic (exact) mass is 503 g/mol. The zero-order chi connectivity index (χ0) is 22.6. The highest BCUT2D eigenvalue weighted by atomic mass is 35.5. The van der Waals surface area contributed by atoms with Crippen molar-refractivity contribution in [3.8, 4) is 0 Å². The Morgan fingerprint density at radius 2 is 1.58 bits per heavy atom. The van der Waals surface area contributed by atoms with Gasteiger partial charge >= 0.3 is 0 Å². The molecular weight excluding hydrogens is 481 g/mol. The number of carbonyl (C=O) groups is 1.